The van der Waals surface area contributed by atoms with Gasteiger partial charge < -0.3 is 18.3 Å². The summed E-state index contributed by atoms with van der Waals surface area (Å²) in [5.41, 5.74) is 0. The monoisotopic (exact) mass is 416 g/mol. The molecule has 0 saturated heterocycles. The summed E-state index contributed by atoms with van der Waals surface area (Å²) in [4.78, 5) is 0. The van der Waals surface area contributed by atoms with Crippen molar-refractivity contribution in [2.75, 3.05) is 40.6 Å². The Kier molecular flexibility index (Phi) is 21.3. The Morgan fingerprint density at radius 2 is 1.00 bits per heavy atom. The lowest BCUT2D eigenvalue weighted by atomic mass is 10.0. The van der Waals surface area contributed by atoms with Gasteiger partial charge in [0.2, 0.25) is 0 Å². The van der Waals surface area contributed by atoms with Gasteiger partial charge in [0.15, 0.2) is 0 Å². The van der Waals surface area contributed by atoms with Crippen molar-refractivity contribution in [3.63, 3.8) is 0 Å². The summed E-state index contributed by atoms with van der Waals surface area (Å²) in [6.45, 7) is 8.46. The summed E-state index contributed by atoms with van der Waals surface area (Å²) in [7, 11) is 1.32. The quantitative estimate of drug-likeness (QED) is 0.106. The summed E-state index contributed by atoms with van der Waals surface area (Å²) >= 11 is 0. The maximum atomic E-state index is 6.06. The van der Waals surface area contributed by atoms with Crippen LogP contribution in [0.25, 0.3) is 0 Å². The number of hydrogen-bond acceptors (Lipinski definition) is 4. The van der Waals surface area contributed by atoms with Gasteiger partial charge in [-0.2, -0.15) is 0 Å². The smallest absolute Gasteiger partial charge is 0.335 e. The molecule has 0 unspecified atom stereocenters. The highest BCUT2D eigenvalue weighted by Crippen LogP contribution is 2.19. The largest absolute Gasteiger partial charge is 0.392 e. The van der Waals surface area contributed by atoms with E-state index in [0.29, 0.717) is 26.4 Å². The van der Waals surface area contributed by atoms with Crippen molar-refractivity contribution in [2.24, 2.45) is 0 Å². The molecule has 0 bridgehead atoms. The van der Waals surface area contributed by atoms with Gasteiger partial charge in [-0.15, -0.1) is 6.58 Å². The van der Waals surface area contributed by atoms with Crippen LogP contribution in [0.3, 0.4) is 0 Å². The van der Waals surface area contributed by atoms with Crippen LogP contribution >= 0.6 is 0 Å². The van der Waals surface area contributed by atoms with Crippen molar-refractivity contribution in [2.45, 2.75) is 96.1 Å². The Bertz CT molecular complexity index is 316. The number of allylic oxidation sites excluding steroid dienone is 1. The molecule has 28 heavy (non-hydrogen) atoms. The van der Waals surface area contributed by atoms with Crippen LogP contribution in [0.5, 0.6) is 0 Å². The molecule has 0 rings (SSSR count). The van der Waals surface area contributed by atoms with E-state index < -0.39 is 8.56 Å². The van der Waals surface area contributed by atoms with E-state index in [-0.39, 0.29) is 0 Å². The van der Waals surface area contributed by atoms with Gasteiger partial charge in [-0.1, -0.05) is 76.7 Å². The Morgan fingerprint density at radius 3 is 1.39 bits per heavy atom. The van der Waals surface area contributed by atoms with Gasteiger partial charge in [0.1, 0.15) is 0 Å². The van der Waals surface area contributed by atoms with Crippen LogP contribution in [0, 0.1) is 0 Å². The first-order chi connectivity index (χ1) is 13.7. The number of rotatable bonds is 23. The maximum Gasteiger partial charge on any atom is 0.335 e. The molecule has 4 nitrogen and oxygen atoms in total. The van der Waals surface area contributed by atoms with Crippen molar-refractivity contribution in [3.8, 4) is 0 Å². The van der Waals surface area contributed by atoms with Crippen LogP contribution in [0.2, 0.25) is 12.6 Å². The zero-order chi connectivity index (χ0) is 20.8. The lowest BCUT2D eigenvalue weighted by Gasteiger charge is -2.27. The molecule has 0 aromatic rings. The Hall–Kier alpha value is -0.203. The first-order valence-electron chi connectivity index (χ1n) is 11.5. The molecule has 0 amide bonds. The molecule has 5 heteroatoms. The second-order valence-corrected chi connectivity index (χ2v) is 11.2. The van der Waals surface area contributed by atoms with Gasteiger partial charge in [0, 0.05) is 14.2 Å². The van der Waals surface area contributed by atoms with Crippen molar-refractivity contribution in [1.29, 1.82) is 0 Å². The van der Waals surface area contributed by atoms with E-state index in [1.807, 2.05) is 6.08 Å². The van der Waals surface area contributed by atoms with Crippen LogP contribution in [-0.4, -0.2) is 49.2 Å². The molecule has 0 heterocycles. The third kappa shape index (κ3) is 19.1. The molecular formula is C23H48O4Si. The van der Waals surface area contributed by atoms with E-state index in [1.165, 1.54) is 83.5 Å². The number of hydrogen-bond donors (Lipinski definition) is 0. The molecule has 0 aliphatic carbocycles. The standard InChI is InChI=1S/C23H48O4Si/c1-5-6-7-8-9-10-11-12-13-14-15-16-17-18-23-28(4,26-21-19-24-2)27-22-20-25-3/h5H,1,6-23H2,2-4H3. The molecule has 0 fully saturated rings. The Balaban J connectivity index is 3.58. The third-order valence-corrected chi connectivity index (χ3v) is 8.07. The van der Waals surface area contributed by atoms with Crippen molar-refractivity contribution in [3.05, 3.63) is 12.7 Å². The summed E-state index contributed by atoms with van der Waals surface area (Å²) in [6, 6.07) is 1.06. The third-order valence-electron chi connectivity index (χ3n) is 5.18. The van der Waals surface area contributed by atoms with Gasteiger partial charge >= 0.3 is 8.56 Å². The van der Waals surface area contributed by atoms with Gasteiger partial charge in [0.25, 0.3) is 0 Å². The molecular weight excluding hydrogens is 368 g/mol. The maximum absolute atomic E-state index is 6.06. The van der Waals surface area contributed by atoms with E-state index in [1.54, 1.807) is 14.2 Å². The number of methoxy groups -OCH3 is 2. The molecule has 0 N–H and O–H groups in total. The normalized spacial score (nSPS) is 11.8. The molecule has 0 radical (unpaired) electrons. The molecule has 0 aromatic heterocycles. The fourth-order valence-corrected chi connectivity index (χ4v) is 5.66. The molecule has 168 valence electrons. The molecule has 0 aliphatic rings. The second kappa shape index (κ2) is 21.5. The number of unbranched alkanes of at least 4 members (excludes halogenated alkanes) is 12. The van der Waals surface area contributed by atoms with E-state index in [9.17, 15) is 0 Å². The summed E-state index contributed by atoms with van der Waals surface area (Å²) in [5, 5.41) is 0. The lowest BCUT2D eigenvalue weighted by molar-refractivity contribution is 0.0882. The van der Waals surface area contributed by atoms with Crippen LogP contribution in [0.15, 0.2) is 12.7 Å². The van der Waals surface area contributed by atoms with Gasteiger partial charge in [-0.25, -0.2) is 0 Å². The Morgan fingerprint density at radius 1 is 0.607 bits per heavy atom. The SMILES string of the molecule is C=CCCCCCCCCCCCCCC[Si](C)(OCCOC)OCCOC. The summed E-state index contributed by atoms with van der Waals surface area (Å²) in [6.07, 6.45) is 19.5. The molecule has 0 aromatic carbocycles. The van der Waals surface area contributed by atoms with Crippen molar-refractivity contribution >= 4 is 8.56 Å². The summed E-state index contributed by atoms with van der Waals surface area (Å²) < 4.78 is 22.3. The summed E-state index contributed by atoms with van der Waals surface area (Å²) in [5.74, 6) is 0. The minimum absolute atomic E-state index is 0.625. The first-order valence-corrected chi connectivity index (χ1v) is 14.1. The van der Waals surface area contributed by atoms with E-state index >= 15 is 0 Å². The van der Waals surface area contributed by atoms with Crippen molar-refractivity contribution in [1.82, 2.24) is 0 Å². The minimum Gasteiger partial charge on any atom is -0.392 e. The van der Waals surface area contributed by atoms with E-state index in [4.69, 9.17) is 18.3 Å². The Labute approximate surface area is 176 Å². The van der Waals surface area contributed by atoms with Gasteiger partial charge in [0.05, 0.1) is 26.4 Å². The highest BCUT2D eigenvalue weighted by atomic mass is 28.4. The average Bonchev–Trinajstić information content (AvgIpc) is 2.69. The predicted molar refractivity (Wildman–Crippen MR) is 122 cm³/mol. The van der Waals surface area contributed by atoms with E-state index in [2.05, 4.69) is 13.1 Å². The highest BCUT2D eigenvalue weighted by molar-refractivity contribution is 6.66. The predicted octanol–water partition coefficient (Wildman–Crippen LogP) is 6.64. The zero-order valence-corrected chi connectivity index (χ0v) is 20.1. The fourth-order valence-electron chi connectivity index (χ4n) is 3.37. The van der Waals surface area contributed by atoms with Crippen LogP contribution in [0.4, 0.5) is 0 Å². The van der Waals surface area contributed by atoms with Crippen LogP contribution in [-0.2, 0) is 18.3 Å². The average molecular weight is 417 g/mol. The van der Waals surface area contributed by atoms with Gasteiger partial charge in [-0.3, -0.25) is 0 Å². The first kappa shape index (κ1) is 27.8. The highest BCUT2D eigenvalue weighted by Gasteiger charge is 2.30. The van der Waals surface area contributed by atoms with Crippen LogP contribution in [0.1, 0.15) is 83.5 Å². The molecule has 0 saturated carbocycles. The molecule has 0 atom stereocenters. The topological polar surface area (TPSA) is 36.9 Å². The van der Waals surface area contributed by atoms with Gasteiger partial charge in [-0.05, 0) is 25.4 Å². The number of ether oxygens (including phenoxy) is 2. The molecule has 0 spiro atoms. The van der Waals surface area contributed by atoms with Crippen molar-refractivity contribution < 1.29 is 18.3 Å². The molecule has 0 aliphatic heterocycles. The fraction of sp³-hybridized carbons (Fsp3) is 0.913. The second-order valence-electron chi connectivity index (χ2n) is 7.89. The minimum atomic E-state index is -2.09. The zero-order valence-electron chi connectivity index (χ0n) is 19.1. The van der Waals surface area contributed by atoms with Crippen LogP contribution < -0.4 is 0 Å². The van der Waals surface area contributed by atoms with E-state index in [0.717, 1.165) is 6.04 Å². The lowest BCUT2D eigenvalue weighted by Crippen LogP contribution is -2.40.